The number of benzene rings is 1. The number of carboxylic acids is 2. The fourth-order valence-corrected chi connectivity index (χ4v) is 3.98. The Kier molecular flexibility index (Phi) is 7.97. The predicted molar refractivity (Wildman–Crippen MR) is 99.3 cm³/mol. The Labute approximate surface area is 170 Å². The van der Waals surface area contributed by atoms with E-state index in [0.717, 1.165) is 25.8 Å². The molecule has 1 aliphatic carbocycles. The average molecular weight is 439 g/mol. The van der Waals surface area contributed by atoms with Crippen LogP contribution in [-0.2, 0) is 9.59 Å². The van der Waals surface area contributed by atoms with Crippen LogP contribution in [-0.4, -0.2) is 53.4 Å². The number of hydrogen-bond donors (Lipinski definition) is 3. The minimum Gasteiger partial charge on any atom is -0.473 e. The topological polar surface area (TPSA) is 99.1 Å². The average Bonchev–Trinajstić information content (AvgIpc) is 2.64. The van der Waals surface area contributed by atoms with Gasteiger partial charge in [-0.2, -0.15) is 8.78 Å². The predicted octanol–water partition coefficient (Wildman–Crippen LogP) is 3.35. The molecule has 3 rings (SSSR count). The van der Waals surface area contributed by atoms with Crippen molar-refractivity contribution in [2.75, 3.05) is 11.4 Å². The third kappa shape index (κ3) is 6.14. The van der Waals surface area contributed by atoms with Crippen molar-refractivity contribution >= 4 is 29.2 Å². The largest absolute Gasteiger partial charge is 0.473 e. The zero-order chi connectivity index (χ0) is 21.7. The summed E-state index contributed by atoms with van der Waals surface area (Å²) < 4.78 is 43.0. The van der Waals surface area contributed by atoms with Crippen molar-refractivity contribution in [2.24, 2.45) is 0 Å². The number of rotatable bonds is 3. The van der Waals surface area contributed by atoms with Gasteiger partial charge in [0.2, 0.25) is 0 Å². The van der Waals surface area contributed by atoms with Crippen LogP contribution >= 0.6 is 11.6 Å². The van der Waals surface area contributed by atoms with Crippen molar-refractivity contribution < 1.29 is 37.7 Å². The number of nitrogens with one attached hydrogen (secondary N) is 1. The number of aliphatic carboxylic acids is 2. The standard InChI is InChI=1S/C16H20ClF3N2O.C2H2O4/c1-9-8-22(14-5-3-2-4-13(14)21-9)10-6-11(17)15(12(18)7-10)23-16(19)20;3-1(4)2(5)6/h6-7,9,13-14,16,21H,2-5,8H2,1H3;(H,3,4)(H,5,6)/t9-,13+,14+;/m0./s1. The van der Waals surface area contributed by atoms with Crippen LogP contribution in [0.2, 0.25) is 5.02 Å². The molecule has 1 saturated carbocycles. The molecule has 2 aliphatic rings. The molecule has 29 heavy (non-hydrogen) atoms. The highest BCUT2D eigenvalue weighted by Crippen LogP contribution is 2.37. The molecule has 0 unspecified atom stereocenters. The highest BCUT2D eigenvalue weighted by molar-refractivity contribution is 6.32. The molecule has 162 valence electrons. The minimum absolute atomic E-state index is 0.126. The van der Waals surface area contributed by atoms with E-state index in [9.17, 15) is 13.2 Å². The normalized spacial score (nSPS) is 23.7. The summed E-state index contributed by atoms with van der Waals surface area (Å²) in [6, 6.07) is 3.68. The molecule has 3 atom stereocenters. The second-order valence-corrected chi connectivity index (χ2v) is 7.31. The smallest absolute Gasteiger partial charge is 0.414 e. The van der Waals surface area contributed by atoms with Gasteiger partial charge in [-0.15, -0.1) is 0 Å². The van der Waals surface area contributed by atoms with Crippen molar-refractivity contribution in [3.8, 4) is 5.75 Å². The number of ether oxygens (including phenoxy) is 1. The maximum Gasteiger partial charge on any atom is 0.414 e. The lowest BCUT2D eigenvalue weighted by atomic mass is 9.86. The van der Waals surface area contributed by atoms with Crippen LogP contribution in [0.5, 0.6) is 5.75 Å². The molecule has 0 amide bonds. The second kappa shape index (κ2) is 10.0. The lowest BCUT2D eigenvalue weighted by Gasteiger charge is -2.48. The van der Waals surface area contributed by atoms with E-state index in [2.05, 4.69) is 21.9 Å². The number of halogens is 4. The molecule has 1 aromatic rings. The third-order valence-corrected chi connectivity index (χ3v) is 5.08. The molecule has 1 aliphatic heterocycles. The summed E-state index contributed by atoms with van der Waals surface area (Å²) in [5.41, 5.74) is 0.624. The Hall–Kier alpha value is -2.20. The molecule has 0 aromatic heterocycles. The van der Waals surface area contributed by atoms with Crippen molar-refractivity contribution in [2.45, 2.75) is 57.3 Å². The first-order valence-corrected chi connectivity index (χ1v) is 9.40. The molecule has 0 bridgehead atoms. The van der Waals surface area contributed by atoms with Crippen molar-refractivity contribution in [1.29, 1.82) is 0 Å². The molecule has 0 radical (unpaired) electrons. The van der Waals surface area contributed by atoms with Crippen LogP contribution in [0.3, 0.4) is 0 Å². The van der Waals surface area contributed by atoms with E-state index in [1.807, 2.05) is 0 Å². The lowest BCUT2D eigenvalue weighted by molar-refractivity contribution is -0.159. The number of anilines is 1. The zero-order valence-corrected chi connectivity index (χ0v) is 16.3. The van der Waals surface area contributed by atoms with Crippen molar-refractivity contribution in [3.63, 3.8) is 0 Å². The van der Waals surface area contributed by atoms with E-state index < -0.39 is 30.1 Å². The van der Waals surface area contributed by atoms with Gasteiger partial charge in [-0.3, -0.25) is 0 Å². The summed E-state index contributed by atoms with van der Waals surface area (Å²) in [6.45, 7) is -0.287. The van der Waals surface area contributed by atoms with Gasteiger partial charge in [-0.05, 0) is 25.8 Å². The van der Waals surface area contributed by atoms with Gasteiger partial charge in [-0.1, -0.05) is 24.4 Å². The van der Waals surface area contributed by atoms with Gasteiger partial charge in [-0.25, -0.2) is 14.0 Å². The Bertz CT molecular complexity index is 717. The van der Waals surface area contributed by atoms with Crippen LogP contribution in [0.15, 0.2) is 12.1 Å². The molecule has 11 heteroatoms. The summed E-state index contributed by atoms with van der Waals surface area (Å²) in [6.07, 6.45) is 4.44. The SMILES string of the molecule is C[C@H]1CN(c2cc(F)c(OC(F)F)c(Cl)c2)[C@@H]2CCCC[C@H]2N1.O=C(O)C(=O)O. The molecule has 1 saturated heterocycles. The second-order valence-electron chi connectivity index (χ2n) is 6.91. The van der Waals surface area contributed by atoms with Gasteiger partial charge >= 0.3 is 18.6 Å². The first-order chi connectivity index (χ1) is 13.6. The first kappa shape index (κ1) is 23.1. The monoisotopic (exact) mass is 438 g/mol. The van der Waals surface area contributed by atoms with Crippen LogP contribution in [0.1, 0.15) is 32.6 Å². The summed E-state index contributed by atoms with van der Waals surface area (Å²) >= 11 is 5.97. The molecule has 1 aromatic carbocycles. The van der Waals surface area contributed by atoms with E-state index >= 15 is 0 Å². The van der Waals surface area contributed by atoms with Gasteiger partial charge in [0, 0.05) is 36.4 Å². The molecule has 2 fully saturated rings. The fraction of sp³-hybridized carbons (Fsp3) is 0.556. The van der Waals surface area contributed by atoms with E-state index in [1.165, 1.54) is 18.6 Å². The number of hydrogen-bond acceptors (Lipinski definition) is 5. The number of nitrogens with zero attached hydrogens (tertiary/aromatic N) is 1. The molecule has 7 nitrogen and oxygen atoms in total. The third-order valence-electron chi connectivity index (χ3n) is 4.80. The molecular weight excluding hydrogens is 417 g/mol. The summed E-state index contributed by atoms with van der Waals surface area (Å²) in [7, 11) is 0. The summed E-state index contributed by atoms with van der Waals surface area (Å²) in [5.74, 6) is -5.09. The number of carbonyl (C=O) groups is 2. The highest BCUT2D eigenvalue weighted by atomic mass is 35.5. The van der Waals surface area contributed by atoms with E-state index in [0.29, 0.717) is 11.7 Å². The molecular formula is C18H22ClF3N2O5. The maximum absolute atomic E-state index is 14.2. The van der Waals surface area contributed by atoms with E-state index in [4.69, 9.17) is 31.4 Å². The van der Waals surface area contributed by atoms with E-state index in [-0.39, 0.29) is 17.1 Å². The Morgan fingerprint density at radius 2 is 1.86 bits per heavy atom. The Balaban J connectivity index is 0.000000438. The van der Waals surface area contributed by atoms with Crippen molar-refractivity contribution in [3.05, 3.63) is 23.0 Å². The fourth-order valence-electron chi connectivity index (χ4n) is 3.74. The lowest BCUT2D eigenvalue weighted by Crippen LogP contribution is -2.62. The first-order valence-electron chi connectivity index (χ1n) is 9.03. The van der Waals surface area contributed by atoms with Crippen LogP contribution in [0.25, 0.3) is 0 Å². The highest BCUT2D eigenvalue weighted by Gasteiger charge is 2.36. The van der Waals surface area contributed by atoms with Gasteiger partial charge in [0.05, 0.1) is 5.02 Å². The molecule has 1 heterocycles. The number of carboxylic acid groups (broad SMARTS) is 2. The van der Waals surface area contributed by atoms with Gasteiger partial charge < -0.3 is 25.2 Å². The number of alkyl halides is 2. The van der Waals surface area contributed by atoms with Crippen LogP contribution in [0, 0.1) is 5.82 Å². The molecule has 0 spiro atoms. The quantitative estimate of drug-likeness (QED) is 0.622. The number of fused-ring (bicyclic) bond motifs is 1. The minimum atomic E-state index is -3.10. The zero-order valence-electron chi connectivity index (χ0n) is 15.6. The van der Waals surface area contributed by atoms with Gasteiger partial charge in [0.1, 0.15) is 0 Å². The van der Waals surface area contributed by atoms with Gasteiger partial charge in [0.15, 0.2) is 11.6 Å². The maximum atomic E-state index is 14.2. The van der Waals surface area contributed by atoms with Crippen molar-refractivity contribution in [1.82, 2.24) is 5.32 Å². The summed E-state index contributed by atoms with van der Waals surface area (Å²) in [4.78, 5) is 20.3. The Morgan fingerprint density at radius 1 is 1.24 bits per heavy atom. The summed E-state index contributed by atoms with van der Waals surface area (Å²) in [5, 5.41) is 18.2. The van der Waals surface area contributed by atoms with Crippen LogP contribution in [0.4, 0.5) is 18.9 Å². The van der Waals surface area contributed by atoms with E-state index in [1.54, 1.807) is 0 Å². The number of piperazine rings is 1. The van der Waals surface area contributed by atoms with Crippen LogP contribution < -0.4 is 15.0 Å². The Morgan fingerprint density at radius 3 is 2.41 bits per heavy atom. The van der Waals surface area contributed by atoms with Gasteiger partial charge in [0.25, 0.3) is 0 Å². The molecule has 3 N–H and O–H groups in total.